The molecule has 0 fully saturated rings. The Morgan fingerprint density at radius 3 is 2.54 bits per heavy atom. The third-order valence-corrected chi connectivity index (χ3v) is 4.52. The van der Waals surface area contributed by atoms with Crippen molar-refractivity contribution in [2.75, 3.05) is 5.32 Å². The molecular formula is C22H16ClN3O2. The fourth-order valence-electron chi connectivity index (χ4n) is 2.80. The van der Waals surface area contributed by atoms with Crippen LogP contribution >= 0.6 is 11.6 Å². The van der Waals surface area contributed by atoms with Gasteiger partial charge in [0.1, 0.15) is 0 Å². The van der Waals surface area contributed by atoms with Crippen LogP contribution in [0.15, 0.2) is 77.3 Å². The van der Waals surface area contributed by atoms with Crippen LogP contribution in [0.5, 0.6) is 0 Å². The Balaban J connectivity index is 1.51. The van der Waals surface area contributed by atoms with Crippen LogP contribution in [-0.2, 0) is 0 Å². The van der Waals surface area contributed by atoms with E-state index in [2.05, 4.69) is 15.5 Å². The summed E-state index contributed by atoms with van der Waals surface area (Å²) in [6.07, 6.45) is 0. The highest BCUT2D eigenvalue weighted by molar-refractivity contribution is 6.31. The monoisotopic (exact) mass is 389 g/mol. The highest BCUT2D eigenvalue weighted by atomic mass is 35.5. The highest BCUT2D eigenvalue weighted by Gasteiger charge is 2.12. The number of aromatic nitrogens is 2. The summed E-state index contributed by atoms with van der Waals surface area (Å²) >= 11 is 5.93. The number of nitrogens with zero attached hydrogens (tertiary/aromatic N) is 2. The smallest absolute Gasteiger partial charge is 0.258 e. The van der Waals surface area contributed by atoms with E-state index in [1.54, 1.807) is 36.4 Å². The number of carbonyl (C=O) groups excluding carboxylic acids is 1. The summed E-state index contributed by atoms with van der Waals surface area (Å²) in [5.41, 5.74) is 3.93. The van der Waals surface area contributed by atoms with Crippen molar-refractivity contribution in [1.82, 2.24) is 10.1 Å². The zero-order valence-corrected chi connectivity index (χ0v) is 15.8. The molecule has 0 radical (unpaired) electrons. The molecule has 28 heavy (non-hydrogen) atoms. The van der Waals surface area contributed by atoms with Gasteiger partial charge in [-0.2, -0.15) is 4.98 Å². The molecule has 0 saturated carbocycles. The summed E-state index contributed by atoms with van der Waals surface area (Å²) in [5, 5.41) is 7.42. The topological polar surface area (TPSA) is 68.0 Å². The molecule has 0 aliphatic heterocycles. The third-order valence-electron chi connectivity index (χ3n) is 4.29. The van der Waals surface area contributed by atoms with Gasteiger partial charge in [-0.05, 0) is 61.0 Å². The first-order valence-corrected chi connectivity index (χ1v) is 9.05. The Morgan fingerprint density at radius 1 is 1.00 bits per heavy atom. The molecule has 6 heteroatoms. The van der Waals surface area contributed by atoms with Crippen molar-refractivity contribution < 1.29 is 9.32 Å². The molecule has 3 aromatic carbocycles. The molecular weight excluding hydrogens is 374 g/mol. The van der Waals surface area contributed by atoms with Crippen molar-refractivity contribution in [2.45, 2.75) is 6.92 Å². The quantitative estimate of drug-likeness (QED) is 0.492. The van der Waals surface area contributed by atoms with E-state index in [-0.39, 0.29) is 5.91 Å². The van der Waals surface area contributed by atoms with Gasteiger partial charge in [-0.25, -0.2) is 0 Å². The summed E-state index contributed by atoms with van der Waals surface area (Å²) in [5.74, 6) is 0.744. The van der Waals surface area contributed by atoms with E-state index in [1.165, 1.54) is 0 Å². The zero-order valence-electron chi connectivity index (χ0n) is 15.0. The van der Waals surface area contributed by atoms with Crippen molar-refractivity contribution >= 4 is 23.2 Å². The maximum atomic E-state index is 12.3. The number of anilines is 1. The maximum absolute atomic E-state index is 12.3. The van der Waals surface area contributed by atoms with Crippen LogP contribution in [0.4, 0.5) is 5.69 Å². The van der Waals surface area contributed by atoms with Gasteiger partial charge in [0, 0.05) is 27.4 Å². The number of benzene rings is 3. The first kappa shape index (κ1) is 17.9. The standard InChI is InChI=1S/C22H16ClN3O2/c1-14-5-2-3-8-19(14)22-25-20(26-28-22)15-9-11-18(12-10-15)24-21(27)16-6-4-7-17(23)13-16/h2-13H,1H3,(H,24,27). The number of hydrogen-bond donors (Lipinski definition) is 1. The van der Waals surface area contributed by atoms with Crippen molar-refractivity contribution in [3.05, 3.63) is 88.9 Å². The van der Waals surface area contributed by atoms with Crippen LogP contribution in [0.3, 0.4) is 0 Å². The molecule has 1 amide bonds. The lowest BCUT2D eigenvalue weighted by molar-refractivity contribution is 0.102. The minimum absolute atomic E-state index is 0.225. The van der Waals surface area contributed by atoms with Crippen LogP contribution < -0.4 is 5.32 Å². The lowest BCUT2D eigenvalue weighted by Crippen LogP contribution is -2.11. The molecule has 0 spiro atoms. The van der Waals surface area contributed by atoms with Gasteiger partial charge in [-0.1, -0.05) is 41.0 Å². The van der Waals surface area contributed by atoms with E-state index in [9.17, 15) is 4.79 Å². The summed E-state index contributed by atoms with van der Waals surface area (Å²) < 4.78 is 5.41. The summed E-state index contributed by atoms with van der Waals surface area (Å²) in [7, 11) is 0. The minimum atomic E-state index is -0.225. The largest absolute Gasteiger partial charge is 0.334 e. The van der Waals surface area contributed by atoms with Crippen molar-refractivity contribution in [1.29, 1.82) is 0 Å². The first-order valence-electron chi connectivity index (χ1n) is 8.67. The molecule has 0 aliphatic carbocycles. The van der Waals surface area contributed by atoms with Crippen molar-refractivity contribution in [2.24, 2.45) is 0 Å². The van der Waals surface area contributed by atoms with Crippen molar-refractivity contribution in [3.8, 4) is 22.8 Å². The lowest BCUT2D eigenvalue weighted by Gasteiger charge is -2.06. The SMILES string of the molecule is Cc1ccccc1-c1nc(-c2ccc(NC(=O)c3cccc(Cl)c3)cc2)no1. The Morgan fingerprint density at radius 2 is 1.79 bits per heavy atom. The zero-order chi connectivity index (χ0) is 19.5. The normalized spacial score (nSPS) is 10.6. The second kappa shape index (κ2) is 7.66. The van der Waals surface area contributed by atoms with Gasteiger partial charge >= 0.3 is 0 Å². The molecule has 4 aromatic rings. The number of rotatable bonds is 4. The Labute approximate surface area is 167 Å². The summed E-state index contributed by atoms with van der Waals surface area (Å²) in [6, 6.07) is 21.9. The second-order valence-electron chi connectivity index (χ2n) is 6.28. The molecule has 1 aromatic heterocycles. The summed E-state index contributed by atoms with van der Waals surface area (Å²) in [4.78, 5) is 16.8. The van der Waals surface area contributed by atoms with E-state index >= 15 is 0 Å². The molecule has 4 rings (SSSR count). The minimum Gasteiger partial charge on any atom is -0.334 e. The molecule has 0 aliphatic rings. The molecule has 1 N–H and O–H groups in total. The van der Waals surface area contributed by atoms with Gasteiger partial charge in [-0.15, -0.1) is 0 Å². The van der Waals surface area contributed by atoms with E-state index < -0.39 is 0 Å². The summed E-state index contributed by atoms with van der Waals surface area (Å²) in [6.45, 7) is 2.00. The molecule has 138 valence electrons. The van der Waals surface area contributed by atoms with Gasteiger partial charge in [-0.3, -0.25) is 4.79 Å². The number of carbonyl (C=O) groups is 1. The fraction of sp³-hybridized carbons (Fsp3) is 0.0455. The van der Waals surface area contributed by atoms with Gasteiger partial charge in [0.25, 0.3) is 11.8 Å². The van der Waals surface area contributed by atoms with E-state index in [0.717, 1.165) is 16.7 Å². The van der Waals surface area contributed by atoms with Crippen LogP contribution in [0.2, 0.25) is 5.02 Å². The van der Waals surface area contributed by atoms with Crippen LogP contribution in [0.25, 0.3) is 22.8 Å². The Hall–Kier alpha value is -3.44. The average Bonchev–Trinajstić information content (AvgIpc) is 3.19. The van der Waals surface area contributed by atoms with E-state index in [4.69, 9.17) is 16.1 Å². The van der Waals surface area contributed by atoms with E-state index in [1.807, 2.05) is 43.3 Å². The average molecular weight is 390 g/mol. The molecule has 0 saturated heterocycles. The van der Waals surface area contributed by atoms with E-state index in [0.29, 0.717) is 28.0 Å². The highest BCUT2D eigenvalue weighted by Crippen LogP contribution is 2.25. The molecule has 1 heterocycles. The predicted molar refractivity (Wildman–Crippen MR) is 109 cm³/mol. The van der Waals surface area contributed by atoms with Crippen LogP contribution in [0, 0.1) is 6.92 Å². The number of amides is 1. The molecule has 0 unspecified atom stereocenters. The third kappa shape index (κ3) is 3.80. The van der Waals surface area contributed by atoms with Crippen LogP contribution in [0.1, 0.15) is 15.9 Å². The van der Waals surface area contributed by atoms with Crippen molar-refractivity contribution in [3.63, 3.8) is 0 Å². The van der Waals surface area contributed by atoms with Gasteiger partial charge in [0.15, 0.2) is 0 Å². The number of halogens is 1. The number of hydrogen-bond acceptors (Lipinski definition) is 4. The number of nitrogens with one attached hydrogen (secondary N) is 1. The molecule has 5 nitrogen and oxygen atoms in total. The van der Waals surface area contributed by atoms with Gasteiger partial charge in [0.2, 0.25) is 5.82 Å². The number of aryl methyl sites for hydroxylation is 1. The second-order valence-corrected chi connectivity index (χ2v) is 6.72. The van der Waals surface area contributed by atoms with Gasteiger partial charge < -0.3 is 9.84 Å². The van der Waals surface area contributed by atoms with Gasteiger partial charge in [0.05, 0.1) is 0 Å². The van der Waals surface area contributed by atoms with Crippen LogP contribution in [-0.4, -0.2) is 16.0 Å². The fourth-order valence-corrected chi connectivity index (χ4v) is 2.99. The first-order chi connectivity index (χ1) is 13.6. The molecule has 0 atom stereocenters. The lowest BCUT2D eigenvalue weighted by atomic mass is 10.1. The Bertz CT molecular complexity index is 1140. The Kier molecular flexibility index (Phi) is 4.91. The maximum Gasteiger partial charge on any atom is 0.258 e. The molecule has 0 bridgehead atoms. The predicted octanol–water partition coefficient (Wildman–Crippen LogP) is 5.62.